The normalized spacial score (nSPS) is 23.6. The number of anilines is 1. The molecule has 0 radical (unpaired) electrons. The number of hydrogen-bond donors (Lipinski definition) is 0. The molecule has 1 amide bonds. The van der Waals surface area contributed by atoms with E-state index >= 15 is 0 Å². The third kappa shape index (κ3) is 3.75. The minimum absolute atomic E-state index is 0.245. The molecule has 4 rings (SSSR count). The highest BCUT2D eigenvalue weighted by atomic mass is 16.2. The molecule has 1 aromatic carbocycles. The summed E-state index contributed by atoms with van der Waals surface area (Å²) in [5.74, 6) is 1.94. The molecule has 142 valence electrons. The summed E-state index contributed by atoms with van der Waals surface area (Å²) in [6, 6.07) is 8.23. The SMILES string of the molecule is CN1CCC(C2CCN(C(=O)c3ccccc3N3CCCC3)CC2)CC1. The van der Waals surface area contributed by atoms with Crippen molar-refractivity contribution in [2.75, 3.05) is 51.2 Å². The van der Waals surface area contributed by atoms with E-state index in [2.05, 4.69) is 33.9 Å². The molecule has 0 spiro atoms. The lowest BCUT2D eigenvalue weighted by atomic mass is 9.79. The van der Waals surface area contributed by atoms with Crippen LogP contribution in [0.2, 0.25) is 0 Å². The molecule has 1 aromatic rings. The maximum atomic E-state index is 13.2. The molecule has 3 saturated heterocycles. The van der Waals surface area contributed by atoms with Gasteiger partial charge in [0.15, 0.2) is 0 Å². The predicted octanol–water partition coefficient (Wildman–Crippen LogP) is 3.48. The standard InChI is InChI=1S/C22H33N3O/c1-23-14-8-18(9-15-23)19-10-16-25(17-11-19)22(26)20-6-2-3-7-21(20)24-12-4-5-13-24/h2-3,6-7,18-19H,4-5,8-17H2,1H3. The summed E-state index contributed by atoms with van der Waals surface area (Å²) in [6.07, 6.45) is 7.53. The molecule has 3 aliphatic rings. The highest BCUT2D eigenvalue weighted by Gasteiger charge is 2.31. The van der Waals surface area contributed by atoms with Gasteiger partial charge >= 0.3 is 0 Å². The van der Waals surface area contributed by atoms with Crippen LogP contribution in [0.3, 0.4) is 0 Å². The van der Waals surface area contributed by atoms with E-state index in [0.717, 1.165) is 49.3 Å². The smallest absolute Gasteiger partial charge is 0.255 e. The molecule has 0 aliphatic carbocycles. The number of likely N-dealkylation sites (tertiary alicyclic amines) is 2. The summed E-state index contributed by atoms with van der Waals surface area (Å²) >= 11 is 0. The van der Waals surface area contributed by atoms with Crippen molar-refractivity contribution in [3.05, 3.63) is 29.8 Å². The Bertz CT molecular complexity index is 610. The Balaban J connectivity index is 1.38. The quantitative estimate of drug-likeness (QED) is 0.830. The maximum absolute atomic E-state index is 13.2. The number of carbonyl (C=O) groups excluding carboxylic acids is 1. The molecule has 4 heteroatoms. The van der Waals surface area contributed by atoms with Crippen LogP contribution in [0, 0.1) is 11.8 Å². The lowest BCUT2D eigenvalue weighted by Crippen LogP contribution is -2.42. The number of rotatable bonds is 3. The third-order valence-corrected chi connectivity index (χ3v) is 6.84. The van der Waals surface area contributed by atoms with Gasteiger partial charge in [-0.25, -0.2) is 0 Å². The van der Waals surface area contributed by atoms with E-state index in [1.165, 1.54) is 51.6 Å². The second-order valence-electron chi connectivity index (χ2n) is 8.48. The predicted molar refractivity (Wildman–Crippen MR) is 107 cm³/mol. The van der Waals surface area contributed by atoms with Crippen LogP contribution in [0.4, 0.5) is 5.69 Å². The highest BCUT2D eigenvalue weighted by molar-refractivity contribution is 6.00. The third-order valence-electron chi connectivity index (χ3n) is 6.84. The van der Waals surface area contributed by atoms with Crippen LogP contribution in [-0.2, 0) is 0 Å². The number of amides is 1. The second-order valence-corrected chi connectivity index (χ2v) is 8.48. The molecule has 0 unspecified atom stereocenters. The fourth-order valence-electron chi connectivity index (χ4n) is 5.13. The van der Waals surface area contributed by atoms with Crippen molar-refractivity contribution in [1.82, 2.24) is 9.80 Å². The minimum atomic E-state index is 0.245. The summed E-state index contributed by atoms with van der Waals surface area (Å²) in [7, 11) is 2.23. The van der Waals surface area contributed by atoms with Crippen molar-refractivity contribution >= 4 is 11.6 Å². The highest BCUT2D eigenvalue weighted by Crippen LogP contribution is 2.33. The molecule has 3 aliphatic heterocycles. The minimum Gasteiger partial charge on any atom is -0.371 e. The van der Waals surface area contributed by atoms with Crippen LogP contribution in [-0.4, -0.2) is 62.0 Å². The lowest BCUT2D eigenvalue weighted by molar-refractivity contribution is 0.0616. The number of nitrogens with zero attached hydrogens (tertiary/aromatic N) is 3. The molecular formula is C22H33N3O. The zero-order chi connectivity index (χ0) is 17.9. The summed E-state index contributed by atoms with van der Waals surface area (Å²) in [5, 5.41) is 0. The van der Waals surface area contributed by atoms with Gasteiger partial charge in [0, 0.05) is 31.9 Å². The van der Waals surface area contributed by atoms with Crippen molar-refractivity contribution in [2.45, 2.75) is 38.5 Å². The Labute approximate surface area is 158 Å². The van der Waals surface area contributed by atoms with Crippen molar-refractivity contribution in [1.29, 1.82) is 0 Å². The summed E-state index contributed by atoms with van der Waals surface area (Å²) in [5.41, 5.74) is 2.06. The molecule has 0 bridgehead atoms. The summed E-state index contributed by atoms with van der Waals surface area (Å²) in [4.78, 5) is 20.1. The molecule has 0 aromatic heterocycles. The van der Waals surface area contributed by atoms with Gasteiger partial charge in [-0.3, -0.25) is 4.79 Å². The van der Waals surface area contributed by atoms with Crippen LogP contribution < -0.4 is 4.90 Å². The Morgan fingerprint density at radius 1 is 0.846 bits per heavy atom. The van der Waals surface area contributed by atoms with E-state index < -0.39 is 0 Å². The molecule has 0 saturated carbocycles. The summed E-state index contributed by atoms with van der Waals surface area (Å²) < 4.78 is 0. The zero-order valence-electron chi connectivity index (χ0n) is 16.2. The first-order valence-corrected chi connectivity index (χ1v) is 10.5. The number of para-hydroxylation sites is 1. The van der Waals surface area contributed by atoms with Crippen molar-refractivity contribution in [2.24, 2.45) is 11.8 Å². The van der Waals surface area contributed by atoms with Gasteiger partial charge in [-0.15, -0.1) is 0 Å². The fraction of sp³-hybridized carbons (Fsp3) is 0.682. The van der Waals surface area contributed by atoms with Crippen LogP contribution in [0.15, 0.2) is 24.3 Å². The molecule has 0 N–H and O–H groups in total. The average Bonchev–Trinajstić information content (AvgIpc) is 3.23. The van der Waals surface area contributed by atoms with E-state index in [1.807, 2.05) is 12.1 Å². The topological polar surface area (TPSA) is 26.8 Å². The second kappa shape index (κ2) is 7.99. The Hall–Kier alpha value is -1.55. The Kier molecular flexibility index (Phi) is 5.49. The van der Waals surface area contributed by atoms with Gasteiger partial charge in [-0.05, 0) is 82.6 Å². The van der Waals surface area contributed by atoms with Crippen molar-refractivity contribution in [3.8, 4) is 0 Å². The Morgan fingerprint density at radius 2 is 1.42 bits per heavy atom. The first kappa shape index (κ1) is 17.8. The lowest BCUT2D eigenvalue weighted by Gasteiger charge is -2.39. The number of hydrogen-bond acceptors (Lipinski definition) is 3. The zero-order valence-corrected chi connectivity index (χ0v) is 16.2. The van der Waals surface area contributed by atoms with Gasteiger partial charge in [0.1, 0.15) is 0 Å². The van der Waals surface area contributed by atoms with Crippen LogP contribution in [0.5, 0.6) is 0 Å². The largest absolute Gasteiger partial charge is 0.371 e. The summed E-state index contributed by atoms with van der Waals surface area (Å²) in [6.45, 7) is 6.53. The van der Waals surface area contributed by atoms with Crippen LogP contribution >= 0.6 is 0 Å². The van der Waals surface area contributed by atoms with Crippen molar-refractivity contribution in [3.63, 3.8) is 0 Å². The van der Waals surface area contributed by atoms with E-state index in [-0.39, 0.29) is 5.91 Å². The van der Waals surface area contributed by atoms with E-state index in [1.54, 1.807) is 0 Å². The van der Waals surface area contributed by atoms with Gasteiger partial charge in [-0.1, -0.05) is 12.1 Å². The van der Waals surface area contributed by atoms with Crippen molar-refractivity contribution < 1.29 is 4.79 Å². The molecule has 4 nitrogen and oxygen atoms in total. The molecule has 3 heterocycles. The molecular weight excluding hydrogens is 322 g/mol. The van der Waals surface area contributed by atoms with E-state index in [9.17, 15) is 4.79 Å². The van der Waals surface area contributed by atoms with Crippen LogP contribution in [0.1, 0.15) is 48.9 Å². The Morgan fingerprint density at radius 3 is 2.08 bits per heavy atom. The van der Waals surface area contributed by atoms with Gasteiger partial charge in [0.2, 0.25) is 0 Å². The maximum Gasteiger partial charge on any atom is 0.255 e. The van der Waals surface area contributed by atoms with Gasteiger partial charge in [0.05, 0.1) is 5.56 Å². The number of benzene rings is 1. The number of piperidine rings is 2. The molecule has 26 heavy (non-hydrogen) atoms. The first-order valence-electron chi connectivity index (χ1n) is 10.5. The average molecular weight is 356 g/mol. The van der Waals surface area contributed by atoms with E-state index in [4.69, 9.17) is 0 Å². The first-order chi connectivity index (χ1) is 12.7. The fourth-order valence-corrected chi connectivity index (χ4v) is 5.13. The van der Waals surface area contributed by atoms with E-state index in [0.29, 0.717) is 0 Å². The van der Waals surface area contributed by atoms with Crippen LogP contribution in [0.25, 0.3) is 0 Å². The monoisotopic (exact) mass is 355 g/mol. The molecule has 3 fully saturated rings. The molecule has 0 atom stereocenters. The van der Waals surface area contributed by atoms with Gasteiger partial charge in [0.25, 0.3) is 5.91 Å². The van der Waals surface area contributed by atoms with Gasteiger partial charge in [-0.2, -0.15) is 0 Å². The van der Waals surface area contributed by atoms with Gasteiger partial charge < -0.3 is 14.7 Å². The number of carbonyl (C=O) groups is 1.